The minimum atomic E-state index is -0.625. The van der Waals surface area contributed by atoms with Crippen molar-refractivity contribution >= 4 is 10.8 Å². The van der Waals surface area contributed by atoms with E-state index in [1.54, 1.807) is 0 Å². The zero-order valence-corrected chi connectivity index (χ0v) is 11.1. The Balaban J connectivity index is 1.73. The molecule has 0 aromatic heterocycles. The number of hydrogen-bond donors (Lipinski definition) is 1. The first-order chi connectivity index (χ1) is 9.83. The van der Waals surface area contributed by atoms with E-state index in [0.717, 1.165) is 16.7 Å². The third-order valence-electron chi connectivity index (χ3n) is 3.31. The predicted molar refractivity (Wildman–Crippen MR) is 80.8 cm³/mol. The van der Waals surface area contributed by atoms with Crippen molar-refractivity contribution in [1.82, 2.24) is 0 Å². The molecule has 0 unspecified atom stereocenters. The van der Waals surface area contributed by atoms with E-state index in [4.69, 9.17) is 4.74 Å². The maximum atomic E-state index is 10.2. The highest BCUT2D eigenvalue weighted by atomic mass is 16.5. The number of ether oxygens (including phenoxy) is 1. The summed E-state index contributed by atoms with van der Waals surface area (Å²) in [5.74, 6) is 0.771. The second-order valence-electron chi connectivity index (χ2n) is 4.75. The summed E-state index contributed by atoms with van der Waals surface area (Å²) in [6, 6.07) is 23.6. The van der Waals surface area contributed by atoms with Gasteiger partial charge in [-0.3, -0.25) is 0 Å². The standard InChI is InChI=1S/C18H16O2/c19-18(13-20-17-8-2-1-3-9-17)16-11-10-14-6-4-5-7-15(14)12-16/h1-12,18-19H,13H2/t18-/m1/s1. The molecule has 0 fully saturated rings. The van der Waals surface area contributed by atoms with E-state index in [-0.39, 0.29) is 6.61 Å². The van der Waals surface area contributed by atoms with Crippen molar-refractivity contribution in [2.75, 3.05) is 6.61 Å². The maximum Gasteiger partial charge on any atom is 0.119 e. The van der Waals surface area contributed by atoms with E-state index < -0.39 is 6.10 Å². The fourth-order valence-corrected chi connectivity index (χ4v) is 2.20. The average Bonchev–Trinajstić information content (AvgIpc) is 2.53. The molecule has 1 N–H and O–H groups in total. The van der Waals surface area contributed by atoms with Crippen molar-refractivity contribution < 1.29 is 9.84 Å². The summed E-state index contributed by atoms with van der Waals surface area (Å²) in [5.41, 5.74) is 0.875. The lowest BCUT2D eigenvalue weighted by molar-refractivity contribution is 0.108. The lowest BCUT2D eigenvalue weighted by atomic mass is 10.0. The molecule has 0 amide bonds. The fraction of sp³-hybridized carbons (Fsp3) is 0.111. The molecule has 3 aromatic rings. The van der Waals surface area contributed by atoms with Crippen LogP contribution in [-0.4, -0.2) is 11.7 Å². The smallest absolute Gasteiger partial charge is 0.119 e. The fourth-order valence-electron chi connectivity index (χ4n) is 2.20. The molecular weight excluding hydrogens is 248 g/mol. The molecule has 0 bridgehead atoms. The van der Waals surface area contributed by atoms with Crippen LogP contribution in [-0.2, 0) is 0 Å². The van der Waals surface area contributed by atoms with Gasteiger partial charge in [0.2, 0.25) is 0 Å². The van der Waals surface area contributed by atoms with Crippen molar-refractivity contribution in [1.29, 1.82) is 0 Å². The molecule has 2 heteroatoms. The third kappa shape index (κ3) is 2.81. The molecule has 0 aliphatic heterocycles. The summed E-state index contributed by atoms with van der Waals surface area (Å²) in [6.07, 6.45) is -0.625. The molecule has 0 aliphatic carbocycles. The number of fused-ring (bicyclic) bond motifs is 1. The molecule has 0 radical (unpaired) electrons. The highest BCUT2D eigenvalue weighted by Gasteiger charge is 2.09. The van der Waals surface area contributed by atoms with Gasteiger partial charge in [0.25, 0.3) is 0 Å². The van der Waals surface area contributed by atoms with Crippen molar-refractivity contribution in [2.24, 2.45) is 0 Å². The summed E-state index contributed by atoms with van der Waals surface area (Å²) < 4.78 is 5.58. The lowest BCUT2D eigenvalue weighted by Gasteiger charge is -2.13. The molecule has 0 heterocycles. The van der Waals surface area contributed by atoms with Crippen LogP contribution >= 0.6 is 0 Å². The number of aliphatic hydroxyl groups is 1. The second-order valence-corrected chi connectivity index (χ2v) is 4.75. The molecule has 100 valence electrons. The van der Waals surface area contributed by atoms with Crippen molar-refractivity contribution in [2.45, 2.75) is 6.10 Å². The van der Waals surface area contributed by atoms with Crippen LogP contribution in [0.5, 0.6) is 5.75 Å². The Kier molecular flexibility index (Phi) is 3.66. The van der Waals surface area contributed by atoms with Gasteiger partial charge in [-0.15, -0.1) is 0 Å². The van der Waals surface area contributed by atoms with E-state index >= 15 is 0 Å². The number of hydrogen-bond acceptors (Lipinski definition) is 2. The largest absolute Gasteiger partial charge is 0.491 e. The Morgan fingerprint density at radius 1 is 0.800 bits per heavy atom. The van der Waals surface area contributed by atoms with Gasteiger partial charge < -0.3 is 9.84 Å². The van der Waals surface area contributed by atoms with Gasteiger partial charge in [-0.25, -0.2) is 0 Å². The van der Waals surface area contributed by atoms with E-state index in [0.29, 0.717) is 0 Å². The topological polar surface area (TPSA) is 29.5 Å². The predicted octanol–water partition coefficient (Wildman–Crippen LogP) is 3.95. The van der Waals surface area contributed by atoms with Crippen molar-refractivity contribution in [3.8, 4) is 5.75 Å². The van der Waals surface area contributed by atoms with Crippen LogP contribution in [0.15, 0.2) is 72.8 Å². The highest BCUT2D eigenvalue weighted by molar-refractivity contribution is 5.83. The Morgan fingerprint density at radius 3 is 2.30 bits per heavy atom. The highest BCUT2D eigenvalue weighted by Crippen LogP contribution is 2.21. The van der Waals surface area contributed by atoms with Gasteiger partial charge in [-0.05, 0) is 34.5 Å². The van der Waals surface area contributed by atoms with Crippen LogP contribution in [0, 0.1) is 0 Å². The first-order valence-corrected chi connectivity index (χ1v) is 6.67. The Hall–Kier alpha value is -2.32. The second kappa shape index (κ2) is 5.76. The van der Waals surface area contributed by atoms with Crippen LogP contribution in [0.3, 0.4) is 0 Å². The molecule has 0 spiro atoms. The summed E-state index contributed by atoms with van der Waals surface area (Å²) in [7, 11) is 0. The van der Waals surface area contributed by atoms with Gasteiger partial charge in [0.1, 0.15) is 18.5 Å². The molecule has 3 aromatic carbocycles. The molecule has 2 nitrogen and oxygen atoms in total. The van der Waals surface area contributed by atoms with Crippen molar-refractivity contribution in [3.63, 3.8) is 0 Å². The van der Waals surface area contributed by atoms with Gasteiger partial charge >= 0.3 is 0 Å². The lowest BCUT2D eigenvalue weighted by Crippen LogP contribution is -2.09. The van der Waals surface area contributed by atoms with E-state index in [1.165, 1.54) is 5.39 Å². The van der Waals surface area contributed by atoms with Crippen LogP contribution in [0.4, 0.5) is 0 Å². The molecular formula is C18H16O2. The first kappa shape index (κ1) is 12.7. The Morgan fingerprint density at radius 2 is 1.50 bits per heavy atom. The van der Waals surface area contributed by atoms with E-state index in [1.807, 2.05) is 66.7 Å². The normalized spacial score (nSPS) is 12.2. The summed E-state index contributed by atoms with van der Waals surface area (Å²) in [6.45, 7) is 0.252. The van der Waals surface area contributed by atoms with Gasteiger partial charge in [-0.1, -0.05) is 54.6 Å². The summed E-state index contributed by atoms with van der Waals surface area (Å²) in [5, 5.41) is 12.5. The first-order valence-electron chi connectivity index (χ1n) is 6.67. The van der Waals surface area contributed by atoms with Crippen LogP contribution in [0.2, 0.25) is 0 Å². The van der Waals surface area contributed by atoms with E-state index in [9.17, 15) is 5.11 Å². The van der Waals surface area contributed by atoms with Gasteiger partial charge in [0.15, 0.2) is 0 Å². The number of rotatable bonds is 4. The van der Waals surface area contributed by atoms with Crippen molar-refractivity contribution in [3.05, 3.63) is 78.4 Å². The Bertz CT molecular complexity index is 692. The van der Waals surface area contributed by atoms with Crippen LogP contribution in [0.1, 0.15) is 11.7 Å². The monoisotopic (exact) mass is 264 g/mol. The molecule has 0 saturated carbocycles. The summed E-state index contributed by atoms with van der Waals surface area (Å²) in [4.78, 5) is 0. The van der Waals surface area contributed by atoms with Gasteiger partial charge in [-0.2, -0.15) is 0 Å². The number of aliphatic hydroxyl groups excluding tert-OH is 1. The molecule has 0 saturated heterocycles. The van der Waals surface area contributed by atoms with E-state index in [2.05, 4.69) is 6.07 Å². The molecule has 20 heavy (non-hydrogen) atoms. The minimum absolute atomic E-state index is 0.252. The zero-order valence-electron chi connectivity index (χ0n) is 11.1. The third-order valence-corrected chi connectivity index (χ3v) is 3.31. The number of benzene rings is 3. The summed E-state index contributed by atoms with van der Waals surface area (Å²) >= 11 is 0. The zero-order chi connectivity index (χ0) is 13.8. The molecule has 0 aliphatic rings. The Labute approximate surface area is 118 Å². The quantitative estimate of drug-likeness (QED) is 0.773. The molecule has 3 rings (SSSR count). The average molecular weight is 264 g/mol. The SMILES string of the molecule is O[C@H](COc1ccccc1)c1ccc2ccccc2c1. The molecule has 1 atom stereocenters. The minimum Gasteiger partial charge on any atom is -0.491 e. The maximum absolute atomic E-state index is 10.2. The van der Waals surface area contributed by atoms with Gasteiger partial charge in [0, 0.05) is 0 Å². The number of para-hydroxylation sites is 1. The van der Waals surface area contributed by atoms with Gasteiger partial charge in [0.05, 0.1) is 0 Å². The van der Waals surface area contributed by atoms with Crippen LogP contribution < -0.4 is 4.74 Å². The van der Waals surface area contributed by atoms with Crippen LogP contribution in [0.25, 0.3) is 10.8 Å².